The van der Waals surface area contributed by atoms with Crippen LogP contribution in [0.3, 0.4) is 0 Å². The maximum Gasteiger partial charge on any atom is 0.224 e. The number of imidazole rings is 1. The molecule has 0 aliphatic carbocycles. The summed E-state index contributed by atoms with van der Waals surface area (Å²) in [6.07, 6.45) is 2.11. The van der Waals surface area contributed by atoms with Gasteiger partial charge in [0.1, 0.15) is 11.6 Å². The van der Waals surface area contributed by atoms with Crippen molar-refractivity contribution >= 4 is 28.5 Å². The highest BCUT2D eigenvalue weighted by Gasteiger charge is 2.24. The molecular weight excluding hydrogens is 322 g/mol. The molecule has 3 aromatic rings. The molecule has 2 aromatic heterocycles. The minimum absolute atomic E-state index is 0.319. The molecule has 1 N–H and O–H groups in total. The molecule has 6 heteroatoms. The lowest BCUT2D eigenvalue weighted by Gasteiger charge is -2.32. The van der Waals surface area contributed by atoms with Gasteiger partial charge in [-0.1, -0.05) is 6.07 Å². The van der Waals surface area contributed by atoms with E-state index in [1.807, 2.05) is 13.0 Å². The van der Waals surface area contributed by atoms with Crippen LogP contribution in [0, 0.1) is 13.8 Å². The second kappa shape index (κ2) is 6.06. The minimum atomic E-state index is 0.319. The first-order chi connectivity index (χ1) is 11.6. The Morgan fingerprint density at radius 2 is 1.88 bits per heavy atom. The average molecular weight is 342 g/mol. The number of piperidine rings is 1. The minimum Gasteiger partial charge on any atom is -0.356 e. The van der Waals surface area contributed by atoms with Gasteiger partial charge >= 0.3 is 0 Å². The number of hydrogen-bond donors (Lipinski definition) is 1. The van der Waals surface area contributed by atoms with Gasteiger partial charge in [0.15, 0.2) is 0 Å². The highest BCUT2D eigenvalue weighted by atomic mass is 35.5. The number of fused-ring (bicyclic) bond motifs is 1. The van der Waals surface area contributed by atoms with E-state index >= 15 is 0 Å². The fourth-order valence-electron chi connectivity index (χ4n) is 3.40. The molecule has 5 nitrogen and oxygen atoms in total. The number of H-pyrrole nitrogens is 1. The van der Waals surface area contributed by atoms with Crippen LogP contribution in [0.5, 0.6) is 0 Å². The fraction of sp³-hybridized carbons (Fsp3) is 0.389. The van der Waals surface area contributed by atoms with E-state index in [0.29, 0.717) is 11.2 Å². The van der Waals surface area contributed by atoms with Crippen LogP contribution in [0.2, 0.25) is 5.28 Å². The first-order valence-electron chi connectivity index (χ1n) is 8.31. The second-order valence-corrected chi connectivity index (χ2v) is 6.88. The van der Waals surface area contributed by atoms with Gasteiger partial charge in [-0.25, -0.2) is 15.0 Å². The highest BCUT2D eigenvalue weighted by molar-refractivity contribution is 6.28. The summed E-state index contributed by atoms with van der Waals surface area (Å²) in [7, 11) is 0. The number of rotatable bonds is 2. The number of hydrogen-bond acceptors (Lipinski definition) is 4. The quantitative estimate of drug-likeness (QED) is 0.715. The van der Waals surface area contributed by atoms with Crippen LogP contribution in [0.1, 0.15) is 35.8 Å². The van der Waals surface area contributed by atoms with Crippen molar-refractivity contribution in [2.45, 2.75) is 32.6 Å². The van der Waals surface area contributed by atoms with Gasteiger partial charge in [-0.05, 0) is 56.0 Å². The lowest BCUT2D eigenvalue weighted by atomic mass is 9.96. The standard InChI is InChI=1S/C18H20ClN5/c1-11-3-4-14-15(9-11)22-17(21-14)13-5-7-24(8-6-13)16-10-12(2)20-18(19)23-16/h3-4,9-10,13H,5-8H2,1-2H3,(H,21,22). The van der Waals surface area contributed by atoms with Crippen LogP contribution in [0.15, 0.2) is 24.3 Å². The van der Waals surface area contributed by atoms with Gasteiger partial charge in [-0.3, -0.25) is 0 Å². The molecule has 124 valence electrons. The molecule has 1 aromatic carbocycles. The molecule has 0 bridgehead atoms. The van der Waals surface area contributed by atoms with Crippen molar-refractivity contribution in [2.75, 3.05) is 18.0 Å². The first kappa shape index (κ1) is 15.4. The summed E-state index contributed by atoms with van der Waals surface area (Å²) in [4.78, 5) is 19.1. The zero-order valence-electron chi connectivity index (χ0n) is 13.9. The van der Waals surface area contributed by atoms with E-state index in [4.69, 9.17) is 16.6 Å². The predicted octanol–water partition coefficient (Wildman–Crippen LogP) is 4.01. The molecule has 0 amide bonds. The number of nitrogens with zero attached hydrogens (tertiary/aromatic N) is 4. The van der Waals surface area contributed by atoms with E-state index in [1.165, 1.54) is 5.56 Å². The van der Waals surface area contributed by atoms with Crippen molar-refractivity contribution in [1.82, 2.24) is 19.9 Å². The van der Waals surface area contributed by atoms with Crippen LogP contribution >= 0.6 is 11.6 Å². The maximum absolute atomic E-state index is 5.99. The largest absolute Gasteiger partial charge is 0.356 e. The maximum atomic E-state index is 5.99. The van der Waals surface area contributed by atoms with Crippen LogP contribution in [-0.2, 0) is 0 Å². The van der Waals surface area contributed by atoms with E-state index in [9.17, 15) is 0 Å². The Morgan fingerprint density at radius 1 is 1.08 bits per heavy atom. The lowest BCUT2D eigenvalue weighted by Crippen LogP contribution is -2.33. The summed E-state index contributed by atoms with van der Waals surface area (Å²) in [5.41, 5.74) is 4.34. The Labute approximate surface area is 146 Å². The molecule has 0 unspecified atom stereocenters. The fourth-order valence-corrected chi connectivity index (χ4v) is 3.62. The Hall–Kier alpha value is -2.14. The normalized spacial score (nSPS) is 16.0. The number of halogens is 1. The number of aromatic amines is 1. The van der Waals surface area contributed by atoms with E-state index in [1.54, 1.807) is 0 Å². The van der Waals surface area contributed by atoms with Crippen LogP contribution < -0.4 is 4.90 Å². The van der Waals surface area contributed by atoms with Gasteiger partial charge in [-0.2, -0.15) is 0 Å². The number of aryl methyl sites for hydroxylation is 2. The van der Waals surface area contributed by atoms with Gasteiger partial charge in [0.05, 0.1) is 11.0 Å². The highest BCUT2D eigenvalue weighted by Crippen LogP contribution is 2.30. The summed E-state index contributed by atoms with van der Waals surface area (Å²) in [5, 5.41) is 0.319. The molecule has 1 fully saturated rings. The SMILES string of the molecule is Cc1ccc2nc(C3CCN(c4cc(C)nc(Cl)n4)CC3)[nH]c2c1. The Balaban J connectivity index is 1.50. The van der Waals surface area contributed by atoms with Gasteiger partial charge in [0.25, 0.3) is 0 Å². The third kappa shape index (κ3) is 2.96. The summed E-state index contributed by atoms with van der Waals surface area (Å²) in [6.45, 7) is 5.95. The molecule has 1 saturated heterocycles. The van der Waals surface area contributed by atoms with E-state index < -0.39 is 0 Å². The summed E-state index contributed by atoms with van der Waals surface area (Å²) < 4.78 is 0. The topological polar surface area (TPSA) is 57.7 Å². The molecule has 0 atom stereocenters. The van der Waals surface area contributed by atoms with Crippen molar-refractivity contribution in [2.24, 2.45) is 0 Å². The smallest absolute Gasteiger partial charge is 0.224 e. The van der Waals surface area contributed by atoms with Crippen LogP contribution in [0.25, 0.3) is 11.0 Å². The molecule has 0 radical (unpaired) electrons. The van der Waals surface area contributed by atoms with E-state index in [2.05, 4.69) is 45.0 Å². The third-order valence-corrected chi connectivity index (χ3v) is 4.84. The molecule has 4 rings (SSSR count). The van der Waals surface area contributed by atoms with Gasteiger partial charge < -0.3 is 9.88 Å². The number of nitrogens with one attached hydrogen (secondary N) is 1. The van der Waals surface area contributed by atoms with Gasteiger partial charge in [0.2, 0.25) is 5.28 Å². The Bertz CT molecular complexity index is 860. The summed E-state index contributed by atoms with van der Waals surface area (Å²) in [6, 6.07) is 8.35. The monoisotopic (exact) mass is 341 g/mol. The van der Waals surface area contributed by atoms with Crippen molar-refractivity contribution < 1.29 is 0 Å². The van der Waals surface area contributed by atoms with E-state index in [0.717, 1.165) is 54.3 Å². The molecular formula is C18H20ClN5. The van der Waals surface area contributed by atoms with Crippen LogP contribution in [-0.4, -0.2) is 33.0 Å². The number of aromatic nitrogens is 4. The Kier molecular flexibility index (Phi) is 3.88. The molecule has 3 heterocycles. The van der Waals surface area contributed by atoms with E-state index in [-0.39, 0.29) is 0 Å². The number of benzene rings is 1. The molecule has 1 aliphatic rings. The molecule has 24 heavy (non-hydrogen) atoms. The van der Waals surface area contributed by atoms with Crippen molar-refractivity contribution in [1.29, 1.82) is 0 Å². The summed E-state index contributed by atoms with van der Waals surface area (Å²) in [5.74, 6) is 2.49. The zero-order chi connectivity index (χ0) is 16.7. The lowest BCUT2D eigenvalue weighted by molar-refractivity contribution is 0.487. The zero-order valence-corrected chi connectivity index (χ0v) is 14.6. The number of anilines is 1. The molecule has 0 spiro atoms. The van der Waals surface area contributed by atoms with Crippen molar-refractivity contribution in [3.05, 3.63) is 46.6 Å². The molecule has 0 saturated carbocycles. The summed E-state index contributed by atoms with van der Waals surface area (Å²) >= 11 is 5.99. The second-order valence-electron chi connectivity index (χ2n) is 6.54. The third-order valence-electron chi connectivity index (χ3n) is 4.67. The average Bonchev–Trinajstić information content (AvgIpc) is 2.97. The van der Waals surface area contributed by atoms with Crippen LogP contribution in [0.4, 0.5) is 5.82 Å². The Morgan fingerprint density at radius 3 is 2.62 bits per heavy atom. The van der Waals surface area contributed by atoms with Gasteiger partial charge in [0, 0.05) is 30.8 Å². The van der Waals surface area contributed by atoms with Gasteiger partial charge in [-0.15, -0.1) is 0 Å². The first-order valence-corrected chi connectivity index (χ1v) is 8.69. The predicted molar refractivity (Wildman–Crippen MR) is 96.8 cm³/mol. The van der Waals surface area contributed by atoms with Crippen molar-refractivity contribution in [3.8, 4) is 0 Å². The molecule has 1 aliphatic heterocycles. The van der Waals surface area contributed by atoms with Crippen molar-refractivity contribution in [3.63, 3.8) is 0 Å².